The minimum absolute atomic E-state index is 0.0288. The van der Waals surface area contributed by atoms with Crippen molar-refractivity contribution in [3.05, 3.63) is 83.0 Å². The summed E-state index contributed by atoms with van der Waals surface area (Å²) in [6.45, 7) is 1.62. The van der Waals surface area contributed by atoms with Gasteiger partial charge in [-0.1, -0.05) is 23.5 Å². The number of imidazole rings is 1. The normalized spacial score (nSPS) is 13.1. The van der Waals surface area contributed by atoms with Crippen LogP contribution in [0.1, 0.15) is 40.1 Å². The van der Waals surface area contributed by atoms with Crippen molar-refractivity contribution < 1.29 is 18.4 Å². The molecule has 0 radical (unpaired) electrons. The lowest BCUT2D eigenvalue weighted by atomic mass is 10.0. The van der Waals surface area contributed by atoms with Crippen LogP contribution in [0.15, 0.2) is 65.3 Å². The van der Waals surface area contributed by atoms with E-state index >= 15 is 0 Å². The van der Waals surface area contributed by atoms with Gasteiger partial charge in [0.15, 0.2) is 5.65 Å². The highest BCUT2D eigenvalue weighted by molar-refractivity contribution is 7.99. The maximum Gasteiger partial charge on any atom is 0.274 e. The SMILES string of the molecule is CNC(=O)c1c(-c2ccc(F)cc2)oc2cc(N(C)SC)ccc12.Nc1cc(Cl)cn2cc(C(=O)N3CCCCC3)nc12. The zero-order valence-corrected chi connectivity index (χ0v) is 25.6. The summed E-state index contributed by atoms with van der Waals surface area (Å²) in [7, 11) is 3.53. The van der Waals surface area contributed by atoms with E-state index in [0.717, 1.165) is 37.0 Å². The van der Waals surface area contributed by atoms with Gasteiger partial charge in [0.25, 0.3) is 11.8 Å². The van der Waals surface area contributed by atoms with E-state index in [2.05, 4.69) is 10.3 Å². The highest BCUT2D eigenvalue weighted by Gasteiger charge is 2.23. The summed E-state index contributed by atoms with van der Waals surface area (Å²) in [5.74, 6) is -0.161. The number of nitrogens with two attached hydrogens (primary N) is 1. The molecule has 1 fully saturated rings. The number of nitrogens with one attached hydrogen (secondary N) is 1. The largest absolute Gasteiger partial charge is 0.455 e. The van der Waals surface area contributed by atoms with Crippen molar-refractivity contribution in [2.45, 2.75) is 19.3 Å². The number of furan rings is 1. The third kappa shape index (κ3) is 6.42. The molecule has 1 aliphatic rings. The first kappa shape index (κ1) is 30.2. The van der Waals surface area contributed by atoms with Gasteiger partial charge < -0.3 is 29.1 Å². The zero-order chi connectivity index (χ0) is 30.7. The number of nitrogens with zero attached hydrogens (tertiary/aromatic N) is 4. The van der Waals surface area contributed by atoms with Crippen molar-refractivity contribution >= 4 is 63.4 Å². The first-order valence-electron chi connectivity index (χ1n) is 13.8. The van der Waals surface area contributed by atoms with Crippen molar-refractivity contribution in [2.75, 3.05) is 43.5 Å². The molecule has 2 amide bonds. The molecule has 224 valence electrons. The monoisotopic (exact) mass is 622 g/mol. The Morgan fingerprint density at radius 1 is 1.09 bits per heavy atom. The number of hydrogen-bond donors (Lipinski definition) is 2. The van der Waals surface area contributed by atoms with E-state index < -0.39 is 0 Å². The summed E-state index contributed by atoms with van der Waals surface area (Å²) in [6.07, 6.45) is 8.69. The van der Waals surface area contributed by atoms with E-state index in [1.807, 2.05) is 40.7 Å². The molecule has 6 rings (SSSR count). The minimum Gasteiger partial charge on any atom is -0.455 e. The Bertz CT molecular complexity index is 1780. The summed E-state index contributed by atoms with van der Waals surface area (Å²) in [6, 6.07) is 13.3. The van der Waals surface area contributed by atoms with Crippen molar-refractivity contribution in [1.82, 2.24) is 19.6 Å². The summed E-state index contributed by atoms with van der Waals surface area (Å²) in [5.41, 5.74) is 10.0. The number of halogens is 2. The number of aromatic nitrogens is 2. The van der Waals surface area contributed by atoms with Gasteiger partial charge in [0.2, 0.25) is 0 Å². The number of benzene rings is 2. The molecule has 0 spiro atoms. The Balaban J connectivity index is 0.000000176. The highest BCUT2D eigenvalue weighted by atomic mass is 35.5. The van der Waals surface area contributed by atoms with E-state index in [-0.39, 0.29) is 17.6 Å². The Morgan fingerprint density at radius 3 is 2.49 bits per heavy atom. The highest BCUT2D eigenvalue weighted by Crippen LogP contribution is 2.36. The van der Waals surface area contributed by atoms with Crippen LogP contribution in [-0.4, -0.2) is 59.5 Å². The lowest BCUT2D eigenvalue weighted by Crippen LogP contribution is -2.35. The quantitative estimate of drug-likeness (QED) is 0.215. The second-order valence-corrected chi connectivity index (χ2v) is 11.4. The van der Waals surface area contributed by atoms with Crippen LogP contribution in [-0.2, 0) is 0 Å². The van der Waals surface area contributed by atoms with Crippen molar-refractivity contribution in [1.29, 1.82) is 0 Å². The van der Waals surface area contributed by atoms with E-state index in [1.165, 1.54) is 18.6 Å². The van der Waals surface area contributed by atoms with Gasteiger partial charge in [0.05, 0.1) is 22.0 Å². The number of piperidine rings is 1. The van der Waals surface area contributed by atoms with Crippen LogP contribution in [0.4, 0.5) is 15.8 Å². The second kappa shape index (κ2) is 13.0. The molecule has 0 atom stereocenters. The van der Waals surface area contributed by atoms with Gasteiger partial charge in [0, 0.05) is 62.9 Å². The fourth-order valence-corrected chi connectivity index (χ4v) is 5.54. The van der Waals surface area contributed by atoms with Gasteiger partial charge in [-0.2, -0.15) is 0 Å². The molecule has 43 heavy (non-hydrogen) atoms. The fourth-order valence-electron chi connectivity index (χ4n) is 4.99. The molecule has 12 heteroatoms. The van der Waals surface area contributed by atoms with Gasteiger partial charge in [-0.15, -0.1) is 0 Å². The summed E-state index contributed by atoms with van der Waals surface area (Å²) in [5, 5.41) is 3.90. The molecule has 1 aliphatic heterocycles. The predicted molar refractivity (Wildman–Crippen MR) is 171 cm³/mol. The summed E-state index contributed by atoms with van der Waals surface area (Å²) >= 11 is 7.51. The molecule has 5 aromatic rings. The number of carbonyl (C=O) groups is 2. The number of pyridine rings is 1. The molecule has 0 unspecified atom stereocenters. The number of carbonyl (C=O) groups excluding carboxylic acids is 2. The molecule has 3 N–H and O–H groups in total. The minimum atomic E-state index is -0.333. The molecule has 0 saturated carbocycles. The first-order valence-corrected chi connectivity index (χ1v) is 15.3. The number of likely N-dealkylation sites (tertiary alicyclic amines) is 1. The van der Waals surface area contributed by atoms with Crippen LogP contribution in [0, 0.1) is 5.82 Å². The van der Waals surface area contributed by atoms with Crippen LogP contribution in [0.25, 0.3) is 27.9 Å². The van der Waals surface area contributed by atoms with Crippen molar-refractivity contribution in [3.63, 3.8) is 0 Å². The number of anilines is 2. The molecular formula is C31H32ClFN6O3S. The molecule has 3 aromatic heterocycles. The molecule has 1 saturated heterocycles. The Labute approximate surface area is 257 Å². The maximum absolute atomic E-state index is 13.2. The maximum atomic E-state index is 13.2. The average Bonchev–Trinajstić information content (AvgIpc) is 3.63. The first-order chi connectivity index (χ1) is 20.7. The standard InChI is InChI=1S/C18H17FN2O2S.C13H15ClN4O/c1-20-18(22)16-14-9-8-13(21(2)24-3)10-15(14)23-17(16)11-4-6-12(19)7-5-11;14-9-6-10(15)12-16-11(8-18(12)7-9)13(19)17-4-2-1-3-5-17/h4-10H,1-3H3,(H,20,22);6-8H,1-5,15H2. The Morgan fingerprint density at radius 2 is 1.81 bits per heavy atom. The molecule has 2 aromatic carbocycles. The fraction of sp³-hybridized carbons (Fsp3) is 0.258. The third-order valence-electron chi connectivity index (χ3n) is 7.28. The van der Waals surface area contributed by atoms with Crippen molar-refractivity contribution in [2.24, 2.45) is 0 Å². The molecule has 9 nitrogen and oxygen atoms in total. The topological polar surface area (TPSA) is 109 Å². The van der Waals surface area contributed by atoms with Crippen LogP contribution < -0.4 is 15.4 Å². The summed E-state index contributed by atoms with van der Waals surface area (Å²) in [4.78, 5) is 30.9. The lowest BCUT2D eigenvalue weighted by molar-refractivity contribution is 0.0719. The van der Waals surface area contributed by atoms with Gasteiger partial charge in [-0.05, 0) is 61.7 Å². The Hall–Kier alpha value is -4.22. The number of rotatable bonds is 5. The zero-order valence-electron chi connectivity index (χ0n) is 24.1. The van der Waals surface area contributed by atoms with Gasteiger partial charge in [-0.3, -0.25) is 9.59 Å². The smallest absolute Gasteiger partial charge is 0.274 e. The number of amides is 2. The Kier molecular flexibility index (Phi) is 9.12. The molecule has 0 aliphatic carbocycles. The third-order valence-corrected chi connectivity index (χ3v) is 8.25. The predicted octanol–water partition coefficient (Wildman–Crippen LogP) is 6.51. The van der Waals surface area contributed by atoms with Gasteiger partial charge in [-0.25, -0.2) is 9.37 Å². The number of hydrogen-bond acceptors (Lipinski definition) is 7. The second-order valence-electron chi connectivity index (χ2n) is 10.1. The average molecular weight is 623 g/mol. The van der Waals surface area contributed by atoms with E-state index in [0.29, 0.717) is 44.5 Å². The molecular weight excluding hydrogens is 591 g/mol. The van der Waals surface area contributed by atoms with E-state index in [4.69, 9.17) is 21.8 Å². The lowest BCUT2D eigenvalue weighted by Gasteiger charge is -2.25. The van der Waals surface area contributed by atoms with Crippen LogP contribution >= 0.6 is 23.5 Å². The summed E-state index contributed by atoms with van der Waals surface area (Å²) < 4.78 is 22.9. The van der Waals surface area contributed by atoms with E-state index in [1.54, 1.807) is 54.0 Å². The van der Waals surface area contributed by atoms with Crippen molar-refractivity contribution in [3.8, 4) is 11.3 Å². The molecule has 4 heterocycles. The number of nitrogen functional groups attached to an aromatic ring is 1. The van der Waals surface area contributed by atoms with Gasteiger partial charge in [0.1, 0.15) is 22.9 Å². The molecule has 0 bridgehead atoms. The van der Waals surface area contributed by atoms with Gasteiger partial charge >= 0.3 is 0 Å². The van der Waals surface area contributed by atoms with Crippen LogP contribution in [0.3, 0.4) is 0 Å². The van der Waals surface area contributed by atoms with Crippen LogP contribution in [0.5, 0.6) is 0 Å². The van der Waals surface area contributed by atoms with Crippen LogP contribution in [0.2, 0.25) is 5.02 Å². The number of fused-ring (bicyclic) bond motifs is 2. The van der Waals surface area contributed by atoms with E-state index in [9.17, 15) is 14.0 Å².